The van der Waals surface area contributed by atoms with Crippen LogP contribution in [0, 0.1) is 0 Å². The van der Waals surface area contributed by atoms with Gasteiger partial charge in [-0.05, 0) is 35.9 Å². The number of hydrogen-bond acceptors (Lipinski definition) is 4. The first kappa shape index (κ1) is 21.6. The standard InChI is InChI=1S/C17H9Cl3F3N3O2S/c18-10-3-1-9(2-4-10)14-15(20)24-8-25-16(14)26-29(27,28)11-5-6-12(13(19)7-11)17(21,22)23/h1-8H,(H,24,25,26). The lowest BCUT2D eigenvalue weighted by atomic mass is 10.1. The molecule has 12 heteroatoms. The second-order valence-corrected chi connectivity index (χ2v) is 8.52. The van der Waals surface area contributed by atoms with Crippen molar-refractivity contribution in [1.29, 1.82) is 0 Å². The molecule has 1 heterocycles. The van der Waals surface area contributed by atoms with Crippen molar-refractivity contribution in [2.45, 2.75) is 11.1 Å². The van der Waals surface area contributed by atoms with Gasteiger partial charge in [-0.1, -0.05) is 46.9 Å². The van der Waals surface area contributed by atoms with Gasteiger partial charge in [0.2, 0.25) is 0 Å². The molecule has 0 bridgehead atoms. The zero-order valence-corrected chi connectivity index (χ0v) is 17.1. The first-order chi connectivity index (χ1) is 13.5. The monoisotopic (exact) mass is 481 g/mol. The van der Waals surface area contributed by atoms with Crippen LogP contribution < -0.4 is 4.72 Å². The van der Waals surface area contributed by atoms with Crippen LogP contribution in [0.4, 0.5) is 19.0 Å². The molecule has 152 valence electrons. The van der Waals surface area contributed by atoms with Gasteiger partial charge < -0.3 is 0 Å². The smallest absolute Gasteiger partial charge is 0.263 e. The van der Waals surface area contributed by atoms with Gasteiger partial charge >= 0.3 is 6.18 Å². The van der Waals surface area contributed by atoms with Crippen LogP contribution in [0.1, 0.15) is 5.56 Å². The summed E-state index contributed by atoms with van der Waals surface area (Å²) in [6.45, 7) is 0. The number of halogens is 6. The second-order valence-electron chi connectivity index (χ2n) is 5.64. The summed E-state index contributed by atoms with van der Waals surface area (Å²) < 4.78 is 66.1. The highest BCUT2D eigenvalue weighted by molar-refractivity contribution is 7.92. The summed E-state index contributed by atoms with van der Waals surface area (Å²) in [7, 11) is -4.33. The van der Waals surface area contributed by atoms with Gasteiger partial charge in [0, 0.05) is 5.02 Å². The molecule has 29 heavy (non-hydrogen) atoms. The molecule has 2 aromatic carbocycles. The molecule has 0 spiro atoms. The first-order valence-corrected chi connectivity index (χ1v) is 10.3. The van der Waals surface area contributed by atoms with E-state index in [-0.39, 0.29) is 16.5 Å². The maximum atomic E-state index is 12.8. The molecule has 1 aromatic heterocycles. The van der Waals surface area contributed by atoms with Gasteiger partial charge in [-0.25, -0.2) is 18.4 Å². The molecule has 0 aliphatic heterocycles. The van der Waals surface area contributed by atoms with Crippen molar-refractivity contribution in [1.82, 2.24) is 9.97 Å². The van der Waals surface area contributed by atoms with Crippen molar-refractivity contribution < 1.29 is 21.6 Å². The van der Waals surface area contributed by atoms with Crippen LogP contribution in [0.3, 0.4) is 0 Å². The quantitative estimate of drug-likeness (QED) is 0.468. The van der Waals surface area contributed by atoms with Crippen LogP contribution in [0.25, 0.3) is 11.1 Å². The van der Waals surface area contributed by atoms with Crippen molar-refractivity contribution in [3.63, 3.8) is 0 Å². The average molecular weight is 483 g/mol. The van der Waals surface area contributed by atoms with E-state index in [2.05, 4.69) is 14.7 Å². The largest absolute Gasteiger partial charge is 0.417 e. The van der Waals surface area contributed by atoms with Crippen molar-refractivity contribution in [2.24, 2.45) is 0 Å². The number of sulfonamides is 1. The molecule has 0 saturated heterocycles. The lowest BCUT2D eigenvalue weighted by Crippen LogP contribution is -2.16. The third kappa shape index (κ3) is 4.75. The Balaban J connectivity index is 2.03. The minimum Gasteiger partial charge on any atom is -0.263 e. The third-order valence-electron chi connectivity index (χ3n) is 3.72. The van der Waals surface area contributed by atoms with Gasteiger partial charge in [0.05, 0.1) is 21.0 Å². The molecule has 0 aliphatic rings. The molecule has 0 fully saturated rings. The Bertz CT molecular complexity index is 1170. The molecule has 0 atom stereocenters. The second kappa shape index (κ2) is 7.98. The molecule has 5 nitrogen and oxygen atoms in total. The van der Waals surface area contributed by atoms with E-state index in [9.17, 15) is 21.6 Å². The third-order valence-corrected chi connectivity index (χ3v) is 5.91. The Morgan fingerprint density at radius 2 is 1.59 bits per heavy atom. The Labute approximate surface area is 178 Å². The zero-order valence-electron chi connectivity index (χ0n) is 14.0. The molecule has 0 amide bonds. The minimum absolute atomic E-state index is 0.0366. The number of hydrogen-bond donors (Lipinski definition) is 1. The summed E-state index contributed by atoms with van der Waals surface area (Å²) in [6, 6.07) is 8.38. The summed E-state index contributed by atoms with van der Waals surface area (Å²) in [4.78, 5) is 7.25. The Hall–Kier alpha value is -2.07. The number of anilines is 1. The van der Waals surface area contributed by atoms with E-state index in [1.54, 1.807) is 24.3 Å². The van der Waals surface area contributed by atoms with Crippen molar-refractivity contribution in [2.75, 3.05) is 4.72 Å². The highest BCUT2D eigenvalue weighted by atomic mass is 35.5. The fourth-order valence-corrected chi connectivity index (χ4v) is 4.16. The first-order valence-electron chi connectivity index (χ1n) is 7.65. The highest BCUT2D eigenvalue weighted by Gasteiger charge is 2.34. The summed E-state index contributed by atoms with van der Waals surface area (Å²) in [6.07, 6.45) is -3.67. The lowest BCUT2D eigenvalue weighted by molar-refractivity contribution is -0.137. The van der Waals surface area contributed by atoms with Crippen LogP contribution in [-0.2, 0) is 16.2 Å². The van der Waals surface area contributed by atoms with Gasteiger partial charge in [-0.2, -0.15) is 13.2 Å². The number of alkyl halides is 3. The molecular formula is C17H9Cl3F3N3O2S. The number of nitrogens with one attached hydrogen (secondary N) is 1. The van der Waals surface area contributed by atoms with E-state index in [0.717, 1.165) is 12.4 Å². The number of benzene rings is 2. The molecule has 0 radical (unpaired) electrons. The molecule has 3 rings (SSSR count). The van der Waals surface area contributed by atoms with Crippen LogP contribution in [0.5, 0.6) is 0 Å². The topological polar surface area (TPSA) is 72.0 Å². The van der Waals surface area contributed by atoms with E-state index in [4.69, 9.17) is 34.8 Å². The maximum absolute atomic E-state index is 12.8. The molecule has 0 saturated carbocycles. The lowest BCUT2D eigenvalue weighted by Gasteiger charge is -2.14. The fraction of sp³-hybridized carbons (Fsp3) is 0.0588. The van der Waals surface area contributed by atoms with Crippen molar-refractivity contribution in [3.8, 4) is 11.1 Å². The van der Waals surface area contributed by atoms with Gasteiger partial charge in [-0.3, -0.25) is 4.72 Å². The van der Waals surface area contributed by atoms with E-state index in [1.807, 2.05) is 0 Å². The van der Waals surface area contributed by atoms with Crippen LogP contribution in [-0.4, -0.2) is 18.4 Å². The van der Waals surface area contributed by atoms with E-state index < -0.39 is 31.7 Å². The fourth-order valence-electron chi connectivity index (χ4n) is 2.39. The molecule has 1 N–H and O–H groups in total. The van der Waals surface area contributed by atoms with Crippen LogP contribution in [0.15, 0.2) is 53.7 Å². The van der Waals surface area contributed by atoms with Crippen molar-refractivity contribution in [3.05, 3.63) is 69.6 Å². The SMILES string of the molecule is O=S(=O)(Nc1ncnc(Cl)c1-c1ccc(Cl)cc1)c1ccc(C(F)(F)F)c(Cl)c1. The predicted octanol–water partition coefficient (Wildman–Crippen LogP) is 5.92. The average Bonchev–Trinajstić information content (AvgIpc) is 2.61. The van der Waals surface area contributed by atoms with Gasteiger partial charge in [0.15, 0.2) is 5.82 Å². The predicted molar refractivity (Wildman–Crippen MR) is 105 cm³/mol. The Morgan fingerprint density at radius 3 is 2.17 bits per heavy atom. The van der Waals surface area contributed by atoms with Crippen LogP contribution in [0.2, 0.25) is 15.2 Å². The summed E-state index contributed by atoms with van der Waals surface area (Å²) in [5.74, 6) is -0.164. The summed E-state index contributed by atoms with van der Waals surface area (Å²) in [5, 5.41) is -0.340. The summed E-state index contributed by atoms with van der Waals surface area (Å²) in [5.41, 5.74) is -0.499. The zero-order chi connectivity index (χ0) is 21.4. The van der Waals surface area contributed by atoms with Crippen LogP contribution >= 0.6 is 34.8 Å². The number of nitrogens with zero attached hydrogens (tertiary/aromatic N) is 2. The van der Waals surface area contributed by atoms with Crippen molar-refractivity contribution >= 4 is 50.6 Å². The van der Waals surface area contributed by atoms with E-state index in [1.165, 1.54) is 0 Å². The Kier molecular flexibility index (Phi) is 5.96. The number of rotatable bonds is 4. The van der Waals surface area contributed by atoms with E-state index in [0.29, 0.717) is 22.7 Å². The minimum atomic E-state index is -4.71. The number of aromatic nitrogens is 2. The molecule has 0 unspecified atom stereocenters. The Morgan fingerprint density at radius 1 is 0.931 bits per heavy atom. The molecule has 3 aromatic rings. The highest BCUT2D eigenvalue weighted by Crippen LogP contribution is 2.37. The summed E-state index contributed by atoms with van der Waals surface area (Å²) >= 11 is 17.6. The van der Waals surface area contributed by atoms with Gasteiger partial charge in [0.1, 0.15) is 11.5 Å². The normalized spacial score (nSPS) is 12.1. The maximum Gasteiger partial charge on any atom is 0.417 e. The van der Waals surface area contributed by atoms with Gasteiger partial charge in [0.25, 0.3) is 10.0 Å². The molecular weight excluding hydrogens is 474 g/mol. The van der Waals surface area contributed by atoms with Gasteiger partial charge in [-0.15, -0.1) is 0 Å². The molecule has 0 aliphatic carbocycles. The van der Waals surface area contributed by atoms with E-state index >= 15 is 0 Å².